The first-order chi connectivity index (χ1) is 31.0. The van der Waals surface area contributed by atoms with Crippen molar-refractivity contribution >= 4 is 34.1 Å². The Morgan fingerprint density at radius 3 is 0.984 bits per heavy atom. The number of aryl methyl sites for hydroxylation is 4. The van der Waals surface area contributed by atoms with Gasteiger partial charge in [-0.15, -0.1) is 0 Å². The number of unbranched alkanes of at least 4 members (excludes halogenated alkanes) is 2. The van der Waals surface area contributed by atoms with Gasteiger partial charge in [-0.3, -0.25) is 0 Å². The fourth-order valence-corrected chi connectivity index (χ4v) is 10.4. The Morgan fingerprint density at radius 1 is 0.317 bits per heavy atom. The van der Waals surface area contributed by atoms with Gasteiger partial charge < -0.3 is 9.80 Å². The highest BCUT2D eigenvalue weighted by Gasteiger charge is 2.52. The second-order valence-corrected chi connectivity index (χ2v) is 17.6. The molecule has 0 bridgehead atoms. The van der Waals surface area contributed by atoms with E-state index in [-0.39, 0.29) is 0 Å². The minimum absolute atomic E-state index is 0.520. The molecular formula is C61H58N2. The average molecular weight is 819 g/mol. The Kier molecular flexibility index (Phi) is 11.1. The van der Waals surface area contributed by atoms with Crippen LogP contribution in [0.5, 0.6) is 0 Å². The van der Waals surface area contributed by atoms with E-state index < -0.39 is 5.41 Å². The molecule has 312 valence electrons. The summed E-state index contributed by atoms with van der Waals surface area (Å²) in [7, 11) is 0. The highest BCUT2D eigenvalue weighted by atomic mass is 15.1. The van der Waals surface area contributed by atoms with Gasteiger partial charge in [-0.1, -0.05) is 150 Å². The van der Waals surface area contributed by atoms with Crippen LogP contribution in [0.3, 0.4) is 0 Å². The van der Waals surface area contributed by atoms with Gasteiger partial charge in [0.2, 0.25) is 0 Å². The van der Waals surface area contributed by atoms with Crippen molar-refractivity contribution in [2.45, 2.75) is 84.5 Å². The smallest absolute Gasteiger partial charge is 0.0727 e. The maximum absolute atomic E-state index is 2.52. The van der Waals surface area contributed by atoms with Gasteiger partial charge in [-0.2, -0.15) is 0 Å². The molecule has 0 saturated carbocycles. The normalized spacial score (nSPS) is 12.8. The molecule has 0 amide bonds. The summed E-state index contributed by atoms with van der Waals surface area (Å²) >= 11 is 0. The zero-order valence-electron chi connectivity index (χ0n) is 37.4. The average Bonchev–Trinajstić information content (AvgIpc) is 3.81. The molecule has 0 heterocycles. The minimum atomic E-state index is -0.520. The molecule has 0 fully saturated rings. The predicted molar refractivity (Wildman–Crippen MR) is 268 cm³/mol. The van der Waals surface area contributed by atoms with Gasteiger partial charge in [0.05, 0.1) is 5.41 Å². The number of nitrogens with zero attached hydrogens (tertiary/aromatic N) is 2. The maximum atomic E-state index is 2.52. The molecule has 8 aromatic carbocycles. The van der Waals surface area contributed by atoms with Gasteiger partial charge in [-0.05, 0) is 178 Å². The standard InChI is InChI=1S/C61H58N2/c1-5-9-15-45-25-33-49(34-26-45)62(47-29-21-43(7-3)22-30-47)51-37-39-55-56-40-38-52(63(48-31-23-44(8-4)24-32-48)50-35-27-46(28-36-50)16-10-6-2)42-60(56)61(59(55)41-51)57-19-13-11-17-53(57)54-18-12-14-20-58(54)61/h11-14,17-42H,5-10,15-16H2,1-4H3. The molecule has 0 aliphatic heterocycles. The van der Waals surface area contributed by atoms with Crippen LogP contribution in [-0.2, 0) is 31.1 Å². The zero-order valence-corrected chi connectivity index (χ0v) is 37.4. The highest BCUT2D eigenvalue weighted by molar-refractivity contribution is 5.97. The highest BCUT2D eigenvalue weighted by Crippen LogP contribution is 2.64. The van der Waals surface area contributed by atoms with Crippen molar-refractivity contribution in [3.8, 4) is 22.3 Å². The van der Waals surface area contributed by atoms with Crippen LogP contribution < -0.4 is 9.80 Å². The van der Waals surface area contributed by atoms with E-state index in [1.54, 1.807) is 0 Å². The van der Waals surface area contributed by atoms with Gasteiger partial charge in [0.1, 0.15) is 0 Å². The maximum Gasteiger partial charge on any atom is 0.0727 e. The molecule has 1 spiro atoms. The third-order valence-electron chi connectivity index (χ3n) is 13.8. The lowest BCUT2D eigenvalue weighted by molar-refractivity contribution is 0.793. The molecule has 0 unspecified atom stereocenters. The third kappa shape index (κ3) is 7.07. The number of hydrogen-bond acceptors (Lipinski definition) is 2. The number of rotatable bonds is 14. The van der Waals surface area contributed by atoms with Crippen LogP contribution in [0.2, 0.25) is 0 Å². The summed E-state index contributed by atoms with van der Waals surface area (Å²) in [5.41, 5.74) is 22.5. The summed E-state index contributed by atoms with van der Waals surface area (Å²) in [5, 5.41) is 0. The largest absolute Gasteiger partial charge is 0.310 e. The van der Waals surface area contributed by atoms with Gasteiger partial charge in [0.15, 0.2) is 0 Å². The molecule has 0 aromatic heterocycles. The molecule has 0 N–H and O–H groups in total. The van der Waals surface area contributed by atoms with E-state index in [1.165, 1.54) is 104 Å². The lowest BCUT2D eigenvalue weighted by Crippen LogP contribution is -2.26. The number of hydrogen-bond donors (Lipinski definition) is 0. The van der Waals surface area contributed by atoms with Crippen LogP contribution in [0.1, 0.15) is 97.9 Å². The summed E-state index contributed by atoms with van der Waals surface area (Å²) in [5.74, 6) is 0. The molecule has 0 radical (unpaired) electrons. The molecule has 63 heavy (non-hydrogen) atoms. The van der Waals surface area contributed by atoms with Crippen molar-refractivity contribution < 1.29 is 0 Å². The molecule has 10 rings (SSSR count). The fraction of sp³-hybridized carbons (Fsp3) is 0.213. The van der Waals surface area contributed by atoms with Crippen LogP contribution in [0.25, 0.3) is 22.3 Å². The van der Waals surface area contributed by atoms with E-state index in [0.717, 1.165) is 48.4 Å². The Bertz CT molecular complexity index is 2670. The van der Waals surface area contributed by atoms with Gasteiger partial charge in [0.25, 0.3) is 0 Å². The molecule has 2 heteroatoms. The second kappa shape index (κ2) is 17.3. The Labute approximate surface area is 375 Å². The van der Waals surface area contributed by atoms with Crippen molar-refractivity contribution in [2.24, 2.45) is 0 Å². The van der Waals surface area contributed by atoms with Crippen LogP contribution in [0.4, 0.5) is 34.1 Å². The summed E-state index contributed by atoms with van der Waals surface area (Å²) in [6.45, 7) is 9.00. The zero-order chi connectivity index (χ0) is 42.9. The van der Waals surface area contributed by atoms with Crippen molar-refractivity contribution in [3.63, 3.8) is 0 Å². The van der Waals surface area contributed by atoms with Crippen LogP contribution in [-0.4, -0.2) is 0 Å². The fourth-order valence-electron chi connectivity index (χ4n) is 10.4. The van der Waals surface area contributed by atoms with Crippen LogP contribution in [0, 0.1) is 0 Å². The van der Waals surface area contributed by atoms with Crippen LogP contribution in [0.15, 0.2) is 182 Å². The van der Waals surface area contributed by atoms with Crippen molar-refractivity contribution in [3.05, 3.63) is 226 Å². The number of benzene rings is 8. The van der Waals surface area contributed by atoms with Crippen molar-refractivity contribution in [1.29, 1.82) is 0 Å². The van der Waals surface area contributed by atoms with Crippen LogP contribution >= 0.6 is 0 Å². The molecule has 0 saturated heterocycles. The quantitative estimate of drug-likeness (QED) is 0.108. The van der Waals surface area contributed by atoms with E-state index in [9.17, 15) is 0 Å². The van der Waals surface area contributed by atoms with Gasteiger partial charge in [0, 0.05) is 34.1 Å². The second-order valence-electron chi connectivity index (χ2n) is 17.6. The lowest BCUT2D eigenvalue weighted by Gasteiger charge is -2.33. The SMILES string of the molecule is CCCCc1ccc(N(c2ccc(CC)cc2)c2ccc3c(c2)C2(c4ccccc4-c4ccccc42)c2cc(N(c4ccc(CC)cc4)c4ccc(CCCC)cc4)ccc2-3)cc1. The predicted octanol–water partition coefficient (Wildman–Crippen LogP) is 16.8. The summed E-state index contributed by atoms with van der Waals surface area (Å²) < 4.78 is 0. The first-order valence-electron chi connectivity index (χ1n) is 23.5. The van der Waals surface area contributed by atoms with Crippen molar-refractivity contribution in [1.82, 2.24) is 0 Å². The van der Waals surface area contributed by atoms with E-state index >= 15 is 0 Å². The monoisotopic (exact) mass is 818 g/mol. The Hall–Kier alpha value is -6.64. The van der Waals surface area contributed by atoms with Gasteiger partial charge in [-0.25, -0.2) is 0 Å². The van der Waals surface area contributed by atoms with E-state index in [4.69, 9.17) is 0 Å². The first-order valence-corrected chi connectivity index (χ1v) is 23.5. The molecule has 8 aromatic rings. The summed E-state index contributed by atoms with van der Waals surface area (Å²) in [6.07, 6.45) is 9.03. The minimum Gasteiger partial charge on any atom is -0.310 e. The topological polar surface area (TPSA) is 6.48 Å². The Balaban J connectivity index is 1.19. The lowest BCUT2D eigenvalue weighted by atomic mass is 9.70. The third-order valence-corrected chi connectivity index (χ3v) is 13.8. The van der Waals surface area contributed by atoms with Gasteiger partial charge >= 0.3 is 0 Å². The molecule has 2 aliphatic carbocycles. The molecule has 0 atom stereocenters. The molecule has 2 aliphatic rings. The molecular weight excluding hydrogens is 761 g/mol. The number of fused-ring (bicyclic) bond motifs is 10. The first kappa shape index (κ1) is 40.4. The number of anilines is 6. The van der Waals surface area contributed by atoms with Crippen molar-refractivity contribution in [2.75, 3.05) is 9.80 Å². The van der Waals surface area contributed by atoms with E-state index in [1.807, 2.05) is 0 Å². The Morgan fingerprint density at radius 2 is 0.635 bits per heavy atom. The van der Waals surface area contributed by atoms with E-state index in [0.29, 0.717) is 0 Å². The summed E-state index contributed by atoms with van der Waals surface area (Å²) in [6, 6.07) is 69.8. The summed E-state index contributed by atoms with van der Waals surface area (Å²) in [4.78, 5) is 4.92. The molecule has 2 nitrogen and oxygen atoms in total. The van der Waals surface area contributed by atoms with E-state index in [2.05, 4.69) is 219 Å².